The maximum atomic E-state index is 12.0. The number of rotatable bonds is 2. The number of amides is 1. The van der Waals surface area contributed by atoms with Gasteiger partial charge in [-0.15, -0.1) is 0 Å². The van der Waals surface area contributed by atoms with Crippen LogP contribution in [-0.2, 0) is 0 Å². The number of nitrogens with two attached hydrogens (primary N) is 1. The van der Waals surface area contributed by atoms with E-state index >= 15 is 0 Å². The quantitative estimate of drug-likeness (QED) is 0.770. The Balaban J connectivity index is 1.99. The molecule has 3 nitrogen and oxygen atoms in total. The molecule has 0 radical (unpaired) electrons. The second kappa shape index (κ2) is 5.21. The monoisotopic (exact) mass is 232 g/mol. The second-order valence-corrected chi connectivity index (χ2v) is 5.03. The van der Waals surface area contributed by atoms with Crippen LogP contribution in [0.15, 0.2) is 24.3 Å². The summed E-state index contributed by atoms with van der Waals surface area (Å²) in [5.74, 6) is 0.671. The van der Waals surface area contributed by atoms with Gasteiger partial charge < -0.3 is 11.1 Å². The number of nitrogens with one attached hydrogen (secondary N) is 1. The van der Waals surface area contributed by atoms with Crippen LogP contribution in [0.5, 0.6) is 0 Å². The molecule has 3 N–H and O–H groups in total. The van der Waals surface area contributed by atoms with Crippen molar-refractivity contribution < 1.29 is 4.79 Å². The first-order valence-corrected chi connectivity index (χ1v) is 6.32. The van der Waals surface area contributed by atoms with Crippen molar-refractivity contribution in [1.29, 1.82) is 0 Å². The number of benzene rings is 1. The predicted octanol–water partition coefficient (Wildman–Crippen LogP) is 2.58. The van der Waals surface area contributed by atoms with Crippen molar-refractivity contribution in [3.05, 3.63) is 29.8 Å². The van der Waals surface area contributed by atoms with E-state index in [1.54, 1.807) is 12.1 Å². The summed E-state index contributed by atoms with van der Waals surface area (Å²) >= 11 is 0. The molecule has 1 fully saturated rings. The van der Waals surface area contributed by atoms with Crippen molar-refractivity contribution in [2.75, 3.05) is 5.73 Å². The van der Waals surface area contributed by atoms with Crippen LogP contribution in [0.3, 0.4) is 0 Å². The number of para-hydroxylation sites is 1. The highest BCUT2D eigenvalue weighted by Gasteiger charge is 2.21. The van der Waals surface area contributed by atoms with Crippen molar-refractivity contribution in [2.45, 2.75) is 38.6 Å². The molecule has 2 unspecified atom stereocenters. The van der Waals surface area contributed by atoms with Crippen LogP contribution in [0, 0.1) is 5.92 Å². The number of carbonyl (C=O) groups excluding carboxylic acids is 1. The molecule has 0 heterocycles. The van der Waals surface area contributed by atoms with Gasteiger partial charge in [-0.3, -0.25) is 4.79 Å². The van der Waals surface area contributed by atoms with Gasteiger partial charge in [-0.05, 0) is 30.9 Å². The summed E-state index contributed by atoms with van der Waals surface area (Å²) in [5.41, 5.74) is 6.93. The van der Waals surface area contributed by atoms with E-state index in [1.165, 1.54) is 12.8 Å². The molecule has 0 saturated heterocycles. The summed E-state index contributed by atoms with van der Waals surface area (Å²) in [5, 5.41) is 3.09. The minimum absolute atomic E-state index is 0.0396. The first kappa shape index (κ1) is 12.0. The number of anilines is 1. The third-order valence-corrected chi connectivity index (χ3v) is 3.48. The zero-order valence-corrected chi connectivity index (χ0v) is 10.3. The smallest absolute Gasteiger partial charge is 0.253 e. The van der Waals surface area contributed by atoms with E-state index < -0.39 is 0 Å². The Bertz CT molecular complexity index is 403. The molecule has 2 atom stereocenters. The fraction of sp³-hybridized carbons (Fsp3) is 0.500. The molecular weight excluding hydrogens is 212 g/mol. The number of hydrogen-bond acceptors (Lipinski definition) is 2. The second-order valence-electron chi connectivity index (χ2n) is 5.03. The lowest BCUT2D eigenvalue weighted by Gasteiger charge is -2.27. The molecule has 2 rings (SSSR count). The molecule has 1 saturated carbocycles. The topological polar surface area (TPSA) is 55.1 Å². The van der Waals surface area contributed by atoms with Gasteiger partial charge in [0.15, 0.2) is 0 Å². The standard InChI is InChI=1S/C14H20N2O/c1-10-5-4-6-11(9-10)16-14(17)12-7-2-3-8-13(12)15/h2-3,7-8,10-11H,4-6,9,15H2,1H3,(H,16,17). The highest BCUT2D eigenvalue weighted by Crippen LogP contribution is 2.24. The van der Waals surface area contributed by atoms with Crippen LogP contribution in [0.1, 0.15) is 43.0 Å². The zero-order valence-electron chi connectivity index (χ0n) is 10.3. The lowest BCUT2D eigenvalue weighted by atomic mass is 9.87. The summed E-state index contributed by atoms with van der Waals surface area (Å²) in [6, 6.07) is 7.53. The van der Waals surface area contributed by atoms with Crippen LogP contribution in [0.2, 0.25) is 0 Å². The van der Waals surface area contributed by atoms with E-state index in [1.807, 2.05) is 12.1 Å². The average Bonchev–Trinajstić information content (AvgIpc) is 2.29. The van der Waals surface area contributed by atoms with Gasteiger partial charge in [0, 0.05) is 11.7 Å². The summed E-state index contributed by atoms with van der Waals surface area (Å²) in [4.78, 5) is 12.0. The molecule has 1 aliphatic carbocycles. The lowest BCUT2D eigenvalue weighted by Crippen LogP contribution is -2.38. The zero-order chi connectivity index (χ0) is 12.3. The predicted molar refractivity (Wildman–Crippen MR) is 69.7 cm³/mol. The molecule has 1 aromatic rings. The van der Waals surface area contributed by atoms with Crippen LogP contribution >= 0.6 is 0 Å². The van der Waals surface area contributed by atoms with E-state index in [0.29, 0.717) is 23.2 Å². The molecule has 92 valence electrons. The van der Waals surface area contributed by atoms with Crippen LogP contribution < -0.4 is 11.1 Å². The van der Waals surface area contributed by atoms with Gasteiger partial charge in [0.25, 0.3) is 5.91 Å². The number of nitrogen functional groups attached to an aromatic ring is 1. The van der Waals surface area contributed by atoms with Gasteiger partial charge in [-0.2, -0.15) is 0 Å². The Morgan fingerprint density at radius 2 is 2.12 bits per heavy atom. The summed E-state index contributed by atoms with van der Waals surface area (Å²) < 4.78 is 0. The Hall–Kier alpha value is -1.51. The van der Waals surface area contributed by atoms with E-state index in [4.69, 9.17) is 5.73 Å². The number of hydrogen-bond donors (Lipinski definition) is 2. The van der Waals surface area contributed by atoms with Crippen molar-refractivity contribution in [3.8, 4) is 0 Å². The van der Waals surface area contributed by atoms with Crippen molar-refractivity contribution in [1.82, 2.24) is 5.32 Å². The van der Waals surface area contributed by atoms with Crippen molar-refractivity contribution >= 4 is 11.6 Å². The van der Waals surface area contributed by atoms with Gasteiger partial charge >= 0.3 is 0 Å². The van der Waals surface area contributed by atoms with Crippen LogP contribution in [0.4, 0.5) is 5.69 Å². The average molecular weight is 232 g/mol. The molecule has 1 aliphatic rings. The summed E-state index contributed by atoms with van der Waals surface area (Å²) in [7, 11) is 0. The van der Waals surface area contributed by atoms with Gasteiger partial charge in [-0.1, -0.05) is 31.9 Å². The number of carbonyl (C=O) groups is 1. The largest absolute Gasteiger partial charge is 0.398 e. The lowest BCUT2D eigenvalue weighted by molar-refractivity contribution is 0.0922. The van der Waals surface area contributed by atoms with Crippen molar-refractivity contribution in [2.24, 2.45) is 5.92 Å². The maximum Gasteiger partial charge on any atom is 0.253 e. The Morgan fingerprint density at radius 3 is 2.82 bits per heavy atom. The van der Waals surface area contributed by atoms with Crippen LogP contribution in [-0.4, -0.2) is 11.9 Å². The summed E-state index contributed by atoms with van der Waals surface area (Å²) in [6.45, 7) is 2.25. The maximum absolute atomic E-state index is 12.0. The van der Waals surface area contributed by atoms with E-state index in [0.717, 1.165) is 12.8 Å². The SMILES string of the molecule is CC1CCCC(NC(=O)c2ccccc2N)C1. The van der Waals surface area contributed by atoms with Gasteiger partial charge in [0.1, 0.15) is 0 Å². The molecule has 1 aromatic carbocycles. The Labute approximate surface area is 102 Å². The minimum atomic E-state index is -0.0396. The summed E-state index contributed by atoms with van der Waals surface area (Å²) in [6.07, 6.45) is 4.65. The molecule has 1 amide bonds. The Morgan fingerprint density at radius 1 is 1.35 bits per heavy atom. The molecular formula is C14H20N2O. The molecule has 0 aromatic heterocycles. The highest BCUT2D eigenvalue weighted by atomic mass is 16.1. The fourth-order valence-corrected chi connectivity index (χ4v) is 2.53. The fourth-order valence-electron chi connectivity index (χ4n) is 2.53. The third kappa shape index (κ3) is 2.99. The Kier molecular flexibility index (Phi) is 3.67. The molecule has 3 heteroatoms. The normalized spacial score (nSPS) is 24.3. The minimum Gasteiger partial charge on any atom is -0.398 e. The molecule has 0 spiro atoms. The van der Waals surface area contributed by atoms with E-state index in [2.05, 4.69) is 12.2 Å². The first-order valence-electron chi connectivity index (χ1n) is 6.32. The van der Waals surface area contributed by atoms with Gasteiger partial charge in [0.05, 0.1) is 5.56 Å². The third-order valence-electron chi connectivity index (χ3n) is 3.48. The van der Waals surface area contributed by atoms with E-state index in [9.17, 15) is 4.79 Å². The van der Waals surface area contributed by atoms with E-state index in [-0.39, 0.29) is 5.91 Å². The van der Waals surface area contributed by atoms with Crippen molar-refractivity contribution in [3.63, 3.8) is 0 Å². The first-order chi connectivity index (χ1) is 8.16. The highest BCUT2D eigenvalue weighted by molar-refractivity contribution is 5.99. The molecule has 0 bridgehead atoms. The van der Waals surface area contributed by atoms with Crippen LogP contribution in [0.25, 0.3) is 0 Å². The van der Waals surface area contributed by atoms with Gasteiger partial charge in [0.2, 0.25) is 0 Å². The van der Waals surface area contributed by atoms with Gasteiger partial charge in [-0.25, -0.2) is 0 Å². The molecule has 0 aliphatic heterocycles. The molecule has 17 heavy (non-hydrogen) atoms.